The number of carbonyl (C=O) groups is 1. The molecule has 0 amide bonds. The van der Waals surface area contributed by atoms with Crippen molar-refractivity contribution in [3.05, 3.63) is 10.1 Å². The van der Waals surface area contributed by atoms with Gasteiger partial charge in [-0.3, -0.25) is 10.1 Å². The second-order valence-electron chi connectivity index (χ2n) is 1.63. The Morgan fingerprint density at radius 1 is 1.88 bits per heavy atom. The summed E-state index contributed by atoms with van der Waals surface area (Å²) in [5.74, 6) is -0.454. The Labute approximate surface area is 46.6 Å². The largest absolute Gasteiger partial charge is 0.303 e. The Balaban J connectivity index is 3.38. The van der Waals surface area contributed by atoms with E-state index in [0.29, 0.717) is 6.29 Å². The van der Waals surface area contributed by atoms with Crippen LogP contribution in [0.1, 0.15) is 6.92 Å². The number of nitrogens with zero attached hydrogens (tertiary/aromatic N) is 1. The molecule has 4 heteroatoms. The van der Waals surface area contributed by atoms with Crippen LogP contribution in [0.3, 0.4) is 0 Å². The van der Waals surface area contributed by atoms with Gasteiger partial charge in [0.15, 0.2) is 0 Å². The third kappa shape index (κ3) is 3.27. The predicted molar refractivity (Wildman–Crippen MR) is 27.1 cm³/mol. The lowest BCUT2D eigenvalue weighted by Crippen LogP contribution is -2.11. The van der Waals surface area contributed by atoms with Crippen molar-refractivity contribution in [3.63, 3.8) is 0 Å². The van der Waals surface area contributed by atoms with Gasteiger partial charge in [-0.05, 0) is 6.92 Å². The van der Waals surface area contributed by atoms with Crippen LogP contribution in [-0.4, -0.2) is 17.8 Å². The summed E-state index contributed by atoms with van der Waals surface area (Å²) in [5.41, 5.74) is 0. The van der Waals surface area contributed by atoms with Crippen LogP contribution in [0, 0.1) is 16.0 Å². The summed E-state index contributed by atoms with van der Waals surface area (Å²) < 4.78 is 0. The molecule has 0 aliphatic heterocycles. The molecular weight excluding hydrogens is 110 g/mol. The number of aldehydes is 1. The minimum Gasteiger partial charge on any atom is -0.303 e. The highest BCUT2D eigenvalue weighted by molar-refractivity contribution is 5.52. The predicted octanol–water partition coefficient (Wildman–Crippen LogP) is 0.0981. The highest BCUT2D eigenvalue weighted by atomic mass is 16.6. The van der Waals surface area contributed by atoms with Crippen molar-refractivity contribution in [1.29, 1.82) is 0 Å². The van der Waals surface area contributed by atoms with Crippen LogP contribution in [-0.2, 0) is 4.79 Å². The highest BCUT2D eigenvalue weighted by Crippen LogP contribution is 1.86. The lowest BCUT2D eigenvalue weighted by Gasteiger charge is -1.91. The number of hydrogen-bond donors (Lipinski definition) is 0. The molecule has 0 heterocycles. The van der Waals surface area contributed by atoms with Gasteiger partial charge in [0.05, 0.1) is 5.92 Å². The molecule has 0 saturated heterocycles. The lowest BCUT2D eigenvalue weighted by atomic mass is 10.2. The summed E-state index contributed by atoms with van der Waals surface area (Å²) in [5, 5.41) is 9.62. The standard InChI is InChI=1S/C4H7NO3/c1-4(3-6)2-5(7)8/h3-4H,2H2,1H3. The van der Waals surface area contributed by atoms with Crippen molar-refractivity contribution in [1.82, 2.24) is 0 Å². The molecule has 0 radical (unpaired) electrons. The number of rotatable bonds is 3. The molecule has 4 nitrogen and oxygen atoms in total. The fraction of sp³-hybridized carbons (Fsp3) is 0.750. The van der Waals surface area contributed by atoms with Crippen LogP contribution in [0.15, 0.2) is 0 Å². The molecular formula is C4H7NO3. The van der Waals surface area contributed by atoms with E-state index in [0.717, 1.165) is 0 Å². The van der Waals surface area contributed by atoms with Crippen LogP contribution in [0.25, 0.3) is 0 Å². The molecule has 0 rings (SSSR count). The average molecular weight is 117 g/mol. The Morgan fingerprint density at radius 3 is 2.50 bits per heavy atom. The third-order valence-electron chi connectivity index (χ3n) is 0.669. The minimum absolute atomic E-state index is 0.260. The Bertz CT molecular complexity index is 101. The molecule has 0 N–H and O–H groups in total. The summed E-state index contributed by atoms with van der Waals surface area (Å²) in [6, 6.07) is 0. The number of hydrogen-bond acceptors (Lipinski definition) is 3. The fourth-order valence-electron chi connectivity index (χ4n) is 0.278. The van der Waals surface area contributed by atoms with Gasteiger partial charge in [0, 0.05) is 4.92 Å². The van der Waals surface area contributed by atoms with Crippen LogP contribution < -0.4 is 0 Å². The van der Waals surface area contributed by atoms with Crippen LogP contribution in [0.4, 0.5) is 0 Å². The molecule has 0 aromatic carbocycles. The van der Waals surface area contributed by atoms with Crippen molar-refractivity contribution in [2.75, 3.05) is 6.54 Å². The summed E-state index contributed by atoms with van der Waals surface area (Å²) >= 11 is 0. The first-order chi connectivity index (χ1) is 3.66. The highest BCUT2D eigenvalue weighted by Gasteiger charge is 2.05. The van der Waals surface area contributed by atoms with E-state index in [9.17, 15) is 14.9 Å². The van der Waals surface area contributed by atoms with Gasteiger partial charge in [-0.15, -0.1) is 0 Å². The molecule has 0 aliphatic carbocycles. The molecule has 46 valence electrons. The first-order valence-electron chi connectivity index (χ1n) is 2.24. The Hall–Kier alpha value is -0.930. The third-order valence-corrected chi connectivity index (χ3v) is 0.669. The molecule has 0 fully saturated rings. The van der Waals surface area contributed by atoms with Crippen molar-refractivity contribution in [2.45, 2.75) is 6.92 Å². The maximum absolute atomic E-state index is 9.74. The molecule has 0 bridgehead atoms. The maximum Gasteiger partial charge on any atom is 0.213 e. The summed E-state index contributed by atoms with van der Waals surface area (Å²) in [7, 11) is 0. The Morgan fingerprint density at radius 2 is 2.38 bits per heavy atom. The molecule has 0 spiro atoms. The molecule has 1 unspecified atom stereocenters. The van der Waals surface area contributed by atoms with Gasteiger partial charge in [-0.25, -0.2) is 0 Å². The van der Waals surface area contributed by atoms with E-state index in [1.54, 1.807) is 0 Å². The zero-order valence-corrected chi connectivity index (χ0v) is 4.53. The number of carbonyl (C=O) groups excluding carboxylic acids is 1. The normalized spacial score (nSPS) is 12.6. The number of nitro groups is 1. The van der Waals surface area contributed by atoms with Crippen molar-refractivity contribution < 1.29 is 9.72 Å². The van der Waals surface area contributed by atoms with Crippen molar-refractivity contribution >= 4 is 6.29 Å². The van der Waals surface area contributed by atoms with Gasteiger partial charge in [-0.2, -0.15) is 0 Å². The van der Waals surface area contributed by atoms with Crippen molar-refractivity contribution in [3.8, 4) is 0 Å². The van der Waals surface area contributed by atoms with Gasteiger partial charge in [-0.1, -0.05) is 0 Å². The summed E-state index contributed by atoms with van der Waals surface area (Å²) in [6.45, 7) is 1.25. The molecule has 0 aromatic heterocycles. The van der Waals surface area contributed by atoms with Gasteiger partial charge in [0.2, 0.25) is 6.54 Å². The van der Waals surface area contributed by atoms with Crippen molar-refractivity contribution in [2.24, 2.45) is 5.92 Å². The maximum atomic E-state index is 9.74. The summed E-state index contributed by atoms with van der Waals surface area (Å²) in [4.78, 5) is 18.9. The van der Waals surface area contributed by atoms with Crippen LogP contribution in [0.5, 0.6) is 0 Å². The second-order valence-corrected chi connectivity index (χ2v) is 1.63. The second kappa shape index (κ2) is 3.12. The zero-order valence-electron chi connectivity index (χ0n) is 4.53. The van der Waals surface area contributed by atoms with Gasteiger partial charge >= 0.3 is 0 Å². The van der Waals surface area contributed by atoms with E-state index in [4.69, 9.17) is 0 Å². The van der Waals surface area contributed by atoms with Gasteiger partial charge < -0.3 is 4.79 Å². The quantitative estimate of drug-likeness (QED) is 0.299. The smallest absolute Gasteiger partial charge is 0.213 e. The molecule has 0 saturated carbocycles. The minimum atomic E-state index is -0.501. The lowest BCUT2D eigenvalue weighted by molar-refractivity contribution is -0.484. The monoisotopic (exact) mass is 117 g/mol. The molecule has 8 heavy (non-hydrogen) atoms. The summed E-state index contributed by atoms with van der Waals surface area (Å²) in [6.07, 6.45) is 0.572. The van der Waals surface area contributed by atoms with E-state index < -0.39 is 10.8 Å². The SMILES string of the molecule is CC(C=O)C[N+](=O)[O-]. The first kappa shape index (κ1) is 7.07. The van der Waals surface area contributed by atoms with Gasteiger partial charge in [0.1, 0.15) is 6.29 Å². The van der Waals surface area contributed by atoms with E-state index in [2.05, 4.69) is 0 Å². The topological polar surface area (TPSA) is 60.2 Å². The Kier molecular flexibility index (Phi) is 2.76. The molecule has 0 aliphatic rings. The fourth-order valence-corrected chi connectivity index (χ4v) is 0.278. The molecule has 1 atom stereocenters. The average Bonchev–Trinajstić information content (AvgIpc) is 1.65. The van der Waals surface area contributed by atoms with E-state index in [1.807, 2.05) is 0 Å². The van der Waals surface area contributed by atoms with Crippen LogP contribution in [0.2, 0.25) is 0 Å². The van der Waals surface area contributed by atoms with Crippen LogP contribution >= 0.6 is 0 Å². The van der Waals surface area contributed by atoms with E-state index >= 15 is 0 Å². The molecule has 0 aromatic rings. The zero-order chi connectivity index (χ0) is 6.57. The first-order valence-corrected chi connectivity index (χ1v) is 2.24. The van der Waals surface area contributed by atoms with E-state index in [-0.39, 0.29) is 6.54 Å². The van der Waals surface area contributed by atoms with E-state index in [1.165, 1.54) is 6.92 Å². The van der Waals surface area contributed by atoms with Gasteiger partial charge in [0.25, 0.3) is 0 Å².